The number of aromatic amines is 1. The number of aromatic nitrogens is 2. The highest BCUT2D eigenvalue weighted by Gasteiger charge is 2.14. The normalized spacial score (nSPS) is 11.0. The maximum absolute atomic E-state index is 12.1. The summed E-state index contributed by atoms with van der Waals surface area (Å²) in [6.45, 7) is 4.18. The van der Waals surface area contributed by atoms with Crippen molar-refractivity contribution in [2.75, 3.05) is 7.11 Å². The van der Waals surface area contributed by atoms with Gasteiger partial charge in [-0.15, -0.1) is 0 Å². The fourth-order valence-electron chi connectivity index (χ4n) is 2.02. The Bertz CT molecular complexity index is 711. The lowest BCUT2D eigenvalue weighted by Crippen LogP contribution is -2.15. The van der Waals surface area contributed by atoms with Crippen LogP contribution in [0, 0.1) is 5.92 Å². The predicted octanol–water partition coefficient (Wildman–Crippen LogP) is 4.17. The minimum absolute atomic E-state index is 0.183. The Hall–Kier alpha value is -1.14. The number of methoxy groups -OCH3 is 1. The van der Waals surface area contributed by atoms with E-state index in [1.807, 2.05) is 18.2 Å². The maximum atomic E-state index is 12.1. The van der Waals surface area contributed by atoms with E-state index in [1.165, 1.54) is 0 Å². The van der Waals surface area contributed by atoms with E-state index in [9.17, 15) is 4.79 Å². The van der Waals surface area contributed by atoms with E-state index >= 15 is 0 Å². The van der Waals surface area contributed by atoms with Gasteiger partial charge in [0.15, 0.2) is 0 Å². The minimum atomic E-state index is -0.183. The Labute approximate surface area is 140 Å². The van der Waals surface area contributed by atoms with Gasteiger partial charge in [-0.2, -0.15) is 0 Å². The highest BCUT2D eigenvalue weighted by Crippen LogP contribution is 2.30. The van der Waals surface area contributed by atoms with Crippen LogP contribution in [-0.2, 0) is 6.42 Å². The van der Waals surface area contributed by atoms with Crippen LogP contribution < -0.4 is 10.3 Å². The zero-order valence-corrected chi connectivity index (χ0v) is 15.2. The van der Waals surface area contributed by atoms with E-state index in [0.717, 1.165) is 22.2 Å². The first-order chi connectivity index (χ1) is 9.92. The molecule has 0 amide bonds. The molecule has 0 spiro atoms. The van der Waals surface area contributed by atoms with Crippen molar-refractivity contribution in [1.29, 1.82) is 0 Å². The van der Waals surface area contributed by atoms with Crippen molar-refractivity contribution < 1.29 is 4.74 Å². The second-order valence-corrected chi connectivity index (χ2v) is 6.83. The first kappa shape index (κ1) is 16.2. The van der Waals surface area contributed by atoms with Crippen LogP contribution in [0.25, 0.3) is 11.4 Å². The Kier molecular flexibility index (Phi) is 5.22. The van der Waals surface area contributed by atoms with Crippen LogP contribution in [0.3, 0.4) is 0 Å². The molecule has 1 N–H and O–H groups in total. The van der Waals surface area contributed by atoms with Crippen LogP contribution >= 0.6 is 31.9 Å². The molecule has 0 radical (unpaired) electrons. The number of ether oxygens (including phenoxy) is 1. The molecule has 0 atom stereocenters. The van der Waals surface area contributed by atoms with Crippen molar-refractivity contribution in [3.05, 3.63) is 43.2 Å². The largest absolute Gasteiger partial charge is 0.496 e. The molecule has 1 heterocycles. The Morgan fingerprint density at radius 2 is 2.05 bits per heavy atom. The molecule has 112 valence electrons. The third-order valence-corrected chi connectivity index (χ3v) is 4.26. The molecule has 0 unspecified atom stereocenters. The second-order valence-electron chi connectivity index (χ2n) is 5.12. The van der Waals surface area contributed by atoms with Crippen LogP contribution in [0.4, 0.5) is 0 Å². The van der Waals surface area contributed by atoms with Gasteiger partial charge in [0.05, 0.1) is 18.4 Å². The number of halogens is 2. The highest BCUT2D eigenvalue weighted by atomic mass is 79.9. The first-order valence-corrected chi connectivity index (χ1v) is 8.13. The van der Waals surface area contributed by atoms with Gasteiger partial charge in [-0.3, -0.25) is 4.79 Å². The van der Waals surface area contributed by atoms with E-state index in [1.54, 1.807) is 7.11 Å². The number of H-pyrrole nitrogens is 1. The topological polar surface area (TPSA) is 55.0 Å². The lowest BCUT2D eigenvalue weighted by Gasteiger charge is -2.11. The predicted molar refractivity (Wildman–Crippen MR) is 90.8 cm³/mol. The summed E-state index contributed by atoms with van der Waals surface area (Å²) in [6.07, 6.45) is 0.730. The molecular weight excluding hydrogens is 400 g/mol. The summed E-state index contributed by atoms with van der Waals surface area (Å²) in [5.74, 6) is 1.59. The quantitative estimate of drug-likeness (QED) is 0.815. The van der Waals surface area contributed by atoms with Crippen molar-refractivity contribution in [2.45, 2.75) is 20.3 Å². The van der Waals surface area contributed by atoms with Crippen molar-refractivity contribution >= 4 is 31.9 Å². The van der Waals surface area contributed by atoms with Crippen LogP contribution in [0.2, 0.25) is 0 Å². The second kappa shape index (κ2) is 6.75. The molecular formula is C15H16Br2N2O2. The molecule has 0 saturated carbocycles. The highest BCUT2D eigenvalue weighted by molar-refractivity contribution is 9.10. The lowest BCUT2D eigenvalue weighted by molar-refractivity contribution is 0.416. The van der Waals surface area contributed by atoms with Crippen molar-refractivity contribution in [2.24, 2.45) is 5.92 Å². The number of hydrogen-bond acceptors (Lipinski definition) is 3. The lowest BCUT2D eigenvalue weighted by atomic mass is 10.1. The minimum Gasteiger partial charge on any atom is -0.496 e. The van der Waals surface area contributed by atoms with E-state index in [-0.39, 0.29) is 5.56 Å². The fraction of sp³-hybridized carbons (Fsp3) is 0.333. The number of nitrogens with zero attached hydrogens (tertiary/aromatic N) is 1. The van der Waals surface area contributed by atoms with Crippen LogP contribution in [0.5, 0.6) is 5.75 Å². The molecule has 1 aromatic heterocycles. The monoisotopic (exact) mass is 414 g/mol. The molecule has 0 aliphatic heterocycles. The molecule has 1 aromatic carbocycles. The third-order valence-electron chi connectivity index (χ3n) is 2.95. The van der Waals surface area contributed by atoms with Gasteiger partial charge in [-0.05, 0) is 46.5 Å². The molecule has 4 nitrogen and oxygen atoms in total. The van der Waals surface area contributed by atoms with Crippen LogP contribution in [0.15, 0.2) is 31.9 Å². The molecule has 2 aromatic rings. The summed E-state index contributed by atoms with van der Waals surface area (Å²) in [5, 5.41) is 0. The summed E-state index contributed by atoms with van der Waals surface area (Å²) < 4.78 is 6.74. The van der Waals surface area contributed by atoms with E-state index < -0.39 is 0 Å². The van der Waals surface area contributed by atoms with Crippen LogP contribution in [0.1, 0.15) is 19.5 Å². The molecule has 0 bridgehead atoms. The van der Waals surface area contributed by atoms with Gasteiger partial charge in [0.25, 0.3) is 5.56 Å². The van der Waals surface area contributed by atoms with Gasteiger partial charge in [0.1, 0.15) is 16.0 Å². The molecule has 0 saturated heterocycles. The molecule has 6 heteroatoms. The standard InChI is InChI=1S/C15H16Br2N2O2/c1-8(2)6-11-13(17)15(20)19-14(18-11)10-7-9(16)4-5-12(10)21-3/h4-5,7-8H,6H2,1-3H3,(H,18,19,20). The van der Waals surface area contributed by atoms with Gasteiger partial charge in [-0.25, -0.2) is 4.98 Å². The zero-order valence-electron chi connectivity index (χ0n) is 12.0. The SMILES string of the molecule is COc1ccc(Br)cc1-c1nc(CC(C)C)c(Br)c(=O)[nH]1. The van der Waals surface area contributed by atoms with Gasteiger partial charge in [-0.1, -0.05) is 29.8 Å². The first-order valence-electron chi connectivity index (χ1n) is 6.55. The Balaban J connectivity index is 2.62. The van der Waals surface area contributed by atoms with E-state index in [2.05, 4.69) is 55.7 Å². The molecule has 0 aliphatic rings. The number of hydrogen-bond donors (Lipinski definition) is 1. The van der Waals surface area contributed by atoms with Gasteiger partial charge in [0.2, 0.25) is 0 Å². The van der Waals surface area contributed by atoms with Gasteiger partial charge >= 0.3 is 0 Å². The van der Waals surface area contributed by atoms with Crippen molar-refractivity contribution in [3.63, 3.8) is 0 Å². The number of nitrogens with one attached hydrogen (secondary N) is 1. The molecule has 21 heavy (non-hydrogen) atoms. The average molecular weight is 416 g/mol. The summed E-state index contributed by atoms with van der Waals surface area (Å²) >= 11 is 6.75. The van der Waals surface area contributed by atoms with Gasteiger partial charge in [0, 0.05) is 4.47 Å². The van der Waals surface area contributed by atoms with E-state index in [0.29, 0.717) is 22.0 Å². The Morgan fingerprint density at radius 3 is 2.67 bits per heavy atom. The molecule has 0 fully saturated rings. The summed E-state index contributed by atoms with van der Waals surface area (Å²) in [6, 6.07) is 5.60. The fourth-order valence-corrected chi connectivity index (χ4v) is 2.73. The van der Waals surface area contributed by atoms with Gasteiger partial charge < -0.3 is 9.72 Å². The third kappa shape index (κ3) is 3.74. The number of rotatable bonds is 4. The molecule has 2 rings (SSSR count). The Morgan fingerprint density at radius 1 is 1.33 bits per heavy atom. The summed E-state index contributed by atoms with van der Waals surface area (Å²) in [4.78, 5) is 19.5. The van der Waals surface area contributed by atoms with Crippen molar-refractivity contribution in [3.8, 4) is 17.1 Å². The molecule has 0 aliphatic carbocycles. The number of benzene rings is 1. The summed E-state index contributed by atoms with van der Waals surface area (Å²) in [5.41, 5.74) is 1.32. The smallest absolute Gasteiger partial charge is 0.265 e. The maximum Gasteiger partial charge on any atom is 0.265 e. The average Bonchev–Trinajstić information content (AvgIpc) is 2.43. The summed E-state index contributed by atoms with van der Waals surface area (Å²) in [7, 11) is 1.60. The van der Waals surface area contributed by atoms with Crippen LogP contribution in [-0.4, -0.2) is 17.1 Å². The van der Waals surface area contributed by atoms with Crippen molar-refractivity contribution in [1.82, 2.24) is 9.97 Å². The van der Waals surface area contributed by atoms with E-state index in [4.69, 9.17) is 4.74 Å². The zero-order chi connectivity index (χ0) is 15.6.